The van der Waals surface area contributed by atoms with Crippen LogP contribution in [0.1, 0.15) is 62.0 Å². The van der Waals surface area contributed by atoms with E-state index >= 15 is 0 Å². The largest absolute Gasteiger partial charge is 0.593 e. The number of benzene rings is 2. The number of aromatic nitrogens is 1. The van der Waals surface area contributed by atoms with Crippen LogP contribution < -0.4 is 16.4 Å². The summed E-state index contributed by atoms with van der Waals surface area (Å²) in [6.45, 7) is 9.68. The number of ether oxygens (including phenoxy) is 1. The molecule has 2 atom stereocenters. The Morgan fingerprint density at radius 2 is 2.09 bits per heavy atom. The van der Waals surface area contributed by atoms with Crippen molar-refractivity contribution in [2.24, 2.45) is 11.1 Å². The quantitative estimate of drug-likeness (QED) is 0.183. The molecule has 0 radical (unpaired) electrons. The molecule has 0 fully saturated rings. The van der Waals surface area contributed by atoms with Gasteiger partial charge in [0.1, 0.15) is 5.82 Å². The Morgan fingerprint density at radius 3 is 2.84 bits per heavy atom. The average Bonchev–Trinajstić information content (AvgIpc) is 3.13. The first-order valence-electron chi connectivity index (χ1n) is 14.7. The van der Waals surface area contributed by atoms with Crippen molar-refractivity contribution in [3.63, 3.8) is 0 Å². The lowest BCUT2D eigenvalue weighted by Gasteiger charge is -2.34. The third-order valence-electron chi connectivity index (χ3n) is 7.59. The van der Waals surface area contributed by atoms with Crippen LogP contribution in [-0.4, -0.2) is 39.4 Å². The zero-order valence-electron chi connectivity index (χ0n) is 25.4. The van der Waals surface area contributed by atoms with Gasteiger partial charge in [-0.05, 0) is 74.9 Å². The lowest BCUT2D eigenvalue weighted by molar-refractivity contribution is -0.133. The molecule has 1 aliphatic rings. The van der Waals surface area contributed by atoms with Gasteiger partial charge in [-0.1, -0.05) is 31.2 Å². The smallest absolute Gasteiger partial charge is 0.233 e. The Hall–Kier alpha value is -3.44. The lowest BCUT2D eigenvalue weighted by atomic mass is 9.80. The summed E-state index contributed by atoms with van der Waals surface area (Å²) in [4.78, 5) is 18.3. The van der Waals surface area contributed by atoms with E-state index in [1.807, 2.05) is 43.3 Å². The van der Waals surface area contributed by atoms with Gasteiger partial charge < -0.3 is 25.7 Å². The van der Waals surface area contributed by atoms with Gasteiger partial charge in [-0.3, -0.25) is 9.78 Å². The van der Waals surface area contributed by atoms with E-state index in [2.05, 4.69) is 22.5 Å². The van der Waals surface area contributed by atoms with E-state index in [0.29, 0.717) is 29.4 Å². The molecule has 1 amide bonds. The summed E-state index contributed by atoms with van der Waals surface area (Å²) in [6, 6.07) is 14.1. The fraction of sp³-hybridized carbons (Fsp3) is 0.394. The van der Waals surface area contributed by atoms with Crippen LogP contribution >= 0.6 is 0 Å². The van der Waals surface area contributed by atoms with Gasteiger partial charge in [0, 0.05) is 37.1 Å². The number of nitrogens with two attached hydrogens (primary N) is 1. The van der Waals surface area contributed by atoms with Crippen LogP contribution in [0, 0.1) is 18.2 Å². The summed E-state index contributed by atoms with van der Waals surface area (Å²) in [5.74, 6) is -0.622. The van der Waals surface area contributed by atoms with E-state index in [4.69, 9.17) is 10.5 Å². The summed E-state index contributed by atoms with van der Waals surface area (Å²) in [7, 11) is 0. The summed E-state index contributed by atoms with van der Waals surface area (Å²) in [6.07, 6.45) is 6.84. The highest BCUT2D eigenvalue weighted by molar-refractivity contribution is 7.89. The number of halogens is 1. The number of hydrogen-bond donors (Lipinski definition) is 3. The Bertz CT molecular complexity index is 1420. The summed E-state index contributed by atoms with van der Waals surface area (Å²) in [5, 5.41) is 6.12. The molecule has 0 bridgehead atoms. The van der Waals surface area contributed by atoms with Crippen LogP contribution in [0.25, 0.3) is 0 Å². The first kappa shape index (κ1) is 32.5. The minimum absolute atomic E-state index is 0.118. The molecular weight excluding hydrogens is 565 g/mol. The molecule has 4 rings (SSSR count). The summed E-state index contributed by atoms with van der Waals surface area (Å²) >= 11 is -1.51. The van der Waals surface area contributed by atoms with Gasteiger partial charge in [-0.2, -0.15) is 0 Å². The number of nitrogens with zero attached hydrogens (tertiary/aromatic N) is 2. The van der Waals surface area contributed by atoms with Crippen molar-refractivity contribution in [1.82, 2.24) is 14.6 Å². The molecule has 2 heterocycles. The van der Waals surface area contributed by atoms with Gasteiger partial charge in [-0.25, -0.2) is 4.39 Å². The Morgan fingerprint density at radius 1 is 1.28 bits per heavy atom. The number of fused-ring (bicyclic) bond motifs is 1. The van der Waals surface area contributed by atoms with Crippen LogP contribution in [0.4, 0.5) is 10.1 Å². The van der Waals surface area contributed by atoms with E-state index in [0.717, 1.165) is 48.1 Å². The molecule has 3 aromatic rings. The number of rotatable bonds is 12. The molecule has 0 spiro atoms. The fourth-order valence-electron chi connectivity index (χ4n) is 5.06. The molecule has 1 aliphatic heterocycles. The van der Waals surface area contributed by atoms with E-state index in [9.17, 15) is 13.7 Å². The molecule has 0 aliphatic carbocycles. The second kappa shape index (κ2) is 14.8. The van der Waals surface area contributed by atoms with Gasteiger partial charge in [-0.15, -0.1) is 4.31 Å². The first-order valence-corrected chi connectivity index (χ1v) is 15.8. The third kappa shape index (κ3) is 8.35. The van der Waals surface area contributed by atoms with Crippen molar-refractivity contribution in [1.29, 1.82) is 0 Å². The van der Waals surface area contributed by atoms with E-state index in [-0.39, 0.29) is 12.5 Å². The maximum absolute atomic E-state index is 14.1. The van der Waals surface area contributed by atoms with Crippen LogP contribution in [-0.2, 0) is 33.9 Å². The Balaban J connectivity index is 1.63. The first-order chi connectivity index (χ1) is 20.6. The topological polar surface area (TPSA) is 116 Å². The predicted molar refractivity (Wildman–Crippen MR) is 169 cm³/mol. The van der Waals surface area contributed by atoms with Gasteiger partial charge in [0.15, 0.2) is 4.90 Å². The van der Waals surface area contributed by atoms with Gasteiger partial charge in [0.05, 0.1) is 53.6 Å². The Kier molecular flexibility index (Phi) is 11.2. The normalized spacial score (nSPS) is 16.7. The summed E-state index contributed by atoms with van der Waals surface area (Å²) in [5.41, 5.74) is 10.0. The minimum Gasteiger partial charge on any atom is -0.593 e. The highest BCUT2D eigenvalue weighted by atomic mass is 32.2. The fourth-order valence-corrected chi connectivity index (χ4v) is 6.49. The average molecular weight is 608 g/mol. The maximum atomic E-state index is 14.1. The van der Waals surface area contributed by atoms with E-state index < -0.39 is 28.7 Å². The SMILES string of the molecule is CCCN/C=C(\N)COC(c1ccc(C)c(CN2CCCc3ccc(F)cc3[S+]2[O-])c1)C(C)(C)C(=O)Nc1cccnc1. The highest BCUT2D eigenvalue weighted by Gasteiger charge is 2.39. The van der Waals surface area contributed by atoms with Gasteiger partial charge >= 0.3 is 0 Å². The van der Waals surface area contributed by atoms with Crippen LogP contribution in [0.2, 0.25) is 0 Å². The molecule has 0 saturated heterocycles. The molecule has 230 valence electrons. The number of aryl methyl sites for hydroxylation is 2. The Labute approximate surface area is 257 Å². The minimum atomic E-state index is -1.51. The number of pyridine rings is 1. The maximum Gasteiger partial charge on any atom is 0.233 e. The van der Waals surface area contributed by atoms with Crippen molar-refractivity contribution >= 4 is 23.0 Å². The standard InChI is InChI=1S/C33H42FN5O3S/c1-5-14-36-19-28(35)22-42-31(33(3,4)32(40)38-29-9-6-15-37-20-29)25-11-10-23(2)26(17-25)21-39-16-7-8-24-12-13-27(34)18-30(24)43(39)41/h6,9-13,15,17-20,31,36H,5,7-8,14,16,21-22,35H2,1-4H3,(H,38,40)/b28-19-. The highest BCUT2D eigenvalue weighted by Crippen LogP contribution is 2.39. The summed E-state index contributed by atoms with van der Waals surface area (Å²) < 4.78 is 36.0. The van der Waals surface area contributed by atoms with Crippen molar-refractivity contribution in [2.75, 3.05) is 25.0 Å². The van der Waals surface area contributed by atoms with Crippen LogP contribution in [0.3, 0.4) is 0 Å². The van der Waals surface area contributed by atoms with E-state index in [1.54, 1.807) is 36.8 Å². The number of nitrogens with one attached hydrogen (secondary N) is 2. The molecule has 2 unspecified atom stereocenters. The van der Waals surface area contributed by atoms with Gasteiger partial charge in [0.25, 0.3) is 0 Å². The monoisotopic (exact) mass is 607 g/mol. The van der Waals surface area contributed by atoms with Crippen LogP contribution in [0.5, 0.6) is 0 Å². The molecule has 4 N–H and O–H groups in total. The van der Waals surface area contributed by atoms with Crippen molar-refractivity contribution < 1.29 is 18.5 Å². The second-order valence-corrected chi connectivity index (χ2v) is 12.9. The van der Waals surface area contributed by atoms with Gasteiger partial charge in [0.2, 0.25) is 5.91 Å². The zero-order valence-corrected chi connectivity index (χ0v) is 26.2. The number of carbonyl (C=O) groups is 1. The zero-order chi connectivity index (χ0) is 31.0. The van der Waals surface area contributed by atoms with Crippen LogP contribution in [0.15, 0.2) is 77.7 Å². The van der Waals surface area contributed by atoms with E-state index in [1.165, 1.54) is 12.1 Å². The number of hydrogen-bond acceptors (Lipinski definition) is 7. The molecule has 2 aromatic carbocycles. The molecule has 1 aromatic heterocycles. The lowest BCUT2D eigenvalue weighted by Crippen LogP contribution is -2.38. The number of anilines is 1. The van der Waals surface area contributed by atoms with Crippen molar-refractivity contribution in [3.8, 4) is 0 Å². The number of carbonyl (C=O) groups excluding carboxylic acids is 1. The third-order valence-corrected chi connectivity index (χ3v) is 9.12. The van der Waals surface area contributed by atoms with Crippen molar-refractivity contribution in [2.45, 2.75) is 64.5 Å². The molecule has 10 heteroatoms. The predicted octanol–water partition coefficient (Wildman–Crippen LogP) is 5.52. The van der Waals surface area contributed by atoms with Crippen molar-refractivity contribution in [3.05, 3.63) is 101 Å². The molecular formula is C33H42FN5O3S. The molecule has 0 saturated carbocycles. The molecule has 43 heavy (non-hydrogen) atoms. The molecule has 8 nitrogen and oxygen atoms in total. The number of amides is 1. The second-order valence-electron chi connectivity index (χ2n) is 11.4.